The molecule has 1 aliphatic heterocycles. The SMILES string of the molecule is Cc1ccc(NC2=C(c3ccc(C)cc3)C(=O)N(C)C2=O)cc1. The Balaban J connectivity index is 2.06. The van der Waals surface area contributed by atoms with Crippen LogP contribution in [0.4, 0.5) is 5.69 Å². The maximum Gasteiger partial charge on any atom is 0.277 e. The highest BCUT2D eigenvalue weighted by atomic mass is 16.2. The molecule has 2 aromatic rings. The molecule has 1 N–H and O–H groups in total. The molecular weight excluding hydrogens is 288 g/mol. The van der Waals surface area contributed by atoms with Crippen molar-refractivity contribution in [2.24, 2.45) is 0 Å². The van der Waals surface area contributed by atoms with Crippen LogP contribution in [0, 0.1) is 13.8 Å². The van der Waals surface area contributed by atoms with Crippen molar-refractivity contribution in [3.63, 3.8) is 0 Å². The largest absolute Gasteiger partial charge is 0.350 e. The summed E-state index contributed by atoms with van der Waals surface area (Å²) < 4.78 is 0. The molecule has 0 bridgehead atoms. The molecule has 0 radical (unpaired) electrons. The van der Waals surface area contributed by atoms with E-state index in [-0.39, 0.29) is 11.8 Å². The predicted molar refractivity (Wildman–Crippen MR) is 90.7 cm³/mol. The Morgan fingerprint density at radius 2 is 1.30 bits per heavy atom. The zero-order valence-corrected chi connectivity index (χ0v) is 13.4. The van der Waals surface area contributed by atoms with Gasteiger partial charge in [0, 0.05) is 12.7 Å². The fraction of sp³-hybridized carbons (Fsp3) is 0.158. The number of hydrogen-bond donors (Lipinski definition) is 1. The molecule has 23 heavy (non-hydrogen) atoms. The van der Waals surface area contributed by atoms with Gasteiger partial charge in [-0.25, -0.2) is 0 Å². The molecule has 0 saturated carbocycles. The van der Waals surface area contributed by atoms with Gasteiger partial charge >= 0.3 is 0 Å². The van der Waals surface area contributed by atoms with Crippen LogP contribution in [-0.4, -0.2) is 23.8 Å². The highest BCUT2D eigenvalue weighted by molar-refractivity contribution is 6.36. The van der Waals surface area contributed by atoms with Crippen LogP contribution in [0.2, 0.25) is 0 Å². The Hall–Kier alpha value is -2.88. The molecule has 2 amide bonds. The maximum absolute atomic E-state index is 12.5. The Kier molecular flexibility index (Phi) is 3.74. The molecular formula is C19H18N2O2. The topological polar surface area (TPSA) is 49.4 Å². The summed E-state index contributed by atoms with van der Waals surface area (Å²) in [6, 6.07) is 15.3. The number of carbonyl (C=O) groups is 2. The molecule has 3 rings (SSSR count). The second-order valence-electron chi connectivity index (χ2n) is 5.78. The van der Waals surface area contributed by atoms with E-state index in [1.807, 2.05) is 62.4 Å². The Bertz CT molecular complexity index is 802. The van der Waals surface area contributed by atoms with Gasteiger partial charge in [0.2, 0.25) is 0 Å². The highest BCUT2D eigenvalue weighted by Crippen LogP contribution is 2.29. The molecule has 0 aliphatic carbocycles. The van der Waals surface area contributed by atoms with Gasteiger partial charge in [-0.2, -0.15) is 0 Å². The quantitative estimate of drug-likeness (QED) is 0.886. The van der Waals surface area contributed by atoms with Gasteiger partial charge in [0.25, 0.3) is 11.8 Å². The second kappa shape index (κ2) is 5.72. The summed E-state index contributed by atoms with van der Waals surface area (Å²) in [4.78, 5) is 26.0. The fourth-order valence-corrected chi connectivity index (χ4v) is 2.53. The van der Waals surface area contributed by atoms with Crippen LogP contribution in [0.5, 0.6) is 0 Å². The van der Waals surface area contributed by atoms with E-state index in [0.717, 1.165) is 27.3 Å². The van der Waals surface area contributed by atoms with Crippen molar-refractivity contribution in [1.29, 1.82) is 0 Å². The third kappa shape index (κ3) is 2.75. The number of nitrogens with zero attached hydrogens (tertiary/aromatic N) is 1. The number of carbonyl (C=O) groups excluding carboxylic acids is 2. The maximum atomic E-state index is 12.5. The molecule has 0 aromatic heterocycles. The Morgan fingerprint density at radius 3 is 1.87 bits per heavy atom. The lowest BCUT2D eigenvalue weighted by molar-refractivity contribution is -0.135. The molecule has 0 unspecified atom stereocenters. The van der Waals surface area contributed by atoms with Gasteiger partial charge in [-0.15, -0.1) is 0 Å². The summed E-state index contributed by atoms with van der Waals surface area (Å²) in [7, 11) is 1.50. The van der Waals surface area contributed by atoms with Crippen LogP contribution in [0.1, 0.15) is 16.7 Å². The van der Waals surface area contributed by atoms with Gasteiger partial charge in [-0.05, 0) is 31.5 Å². The number of nitrogens with one attached hydrogen (secondary N) is 1. The van der Waals surface area contributed by atoms with Crippen molar-refractivity contribution in [3.8, 4) is 0 Å². The van der Waals surface area contributed by atoms with Gasteiger partial charge in [0.15, 0.2) is 0 Å². The lowest BCUT2D eigenvalue weighted by Crippen LogP contribution is -2.27. The summed E-state index contributed by atoms with van der Waals surface area (Å²) >= 11 is 0. The number of likely N-dealkylation sites (N-methyl/N-ethyl adjacent to an activating group) is 1. The van der Waals surface area contributed by atoms with Gasteiger partial charge < -0.3 is 5.32 Å². The van der Waals surface area contributed by atoms with E-state index in [1.54, 1.807) is 0 Å². The van der Waals surface area contributed by atoms with Crippen molar-refractivity contribution in [2.45, 2.75) is 13.8 Å². The standard InChI is InChI=1S/C19H18N2O2/c1-12-4-8-14(9-5-12)16-17(19(23)21(3)18(16)22)20-15-10-6-13(2)7-11-15/h4-11,20H,1-3H3. The molecule has 0 spiro atoms. The van der Waals surface area contributed by atoms with Gasteiger partial charge in [-0.3, -0.25) is 14.5 Å². The van der Waals surface area contributed by atoms with Gasteiger partial charge in [-0.1, -0.05) is 47.5 Å². The van der Waals surface area contributed by atoms with Crippen LogP contribution < -0.4 is 5.32 Å². The summed E-state index contributed by atoms with van der Waals surface area (Å²) in [5, 5.41) is 3.11. The third-order valence-electron chi connectivity index (χ3n) is 3.95. The van der Waals surface area contributed by atoms with E-state index in [0.29, 0.717) is 11.3 Å². The van der Waals surface area contributed by atoms with E-state index < -0.39 is 0 Å². The number of aryl methyl sites for hydroxylation is 2. The normalized spacial score (nSPS) is 14.7. The molecule has 2 aromatic carbocycles. The average Bonchev–Trinajstić information content (AvgIpc) is 2.75. The van der Waals surface area contributed by atoms with Gasteiger partial charge in [0.1, 0.15) is 5.70 Å². The Morgan fingerprint density at radius 1 is 0.783 bits per heavy atom. The van der Waals surface area contributed by atoms with Crippen LogP contribution >= 0.6 is 0 Å². The zero-order chi connectivity index (χ0) is 16.6. The van der Waals surface area contributed by atoms with Gasteiger partial charge in [0.05, 0.1) is 5.57 Å². The van der Waals surface area contributed by atoms with E-state index in [9.17, 15) is 9.59 Å². The number of amides is 2. The van der Waals surface area contributed by atoms with Crippen molar-refractivity contribution >= 4 is 23.1 Å². The molecule has 4 heteroatoms. The van der Waals surface area contributed by atoms with Crippen LogP contribution in [0.15, 0.2) is 54.2 Å². The predicted octanol–water partition coefficient (Wildman–Crippen LogP) is 3.13. The van der Waals surface area contributed by atoms with E-state index in [4.69, 9.17) is 0 Å². The number of hydrogen-bond acceptors (Lipinski definition) is 3. The Labute approximate surface area is 135 Å². The van der Waals surface area contributed by atoms with Crippen molar-refractivity contribution in [2.75, 3.05) is 12.4 Å². The minimum absolute atomic E-state index is 0.284. The minimum Gasteiger partial charge on any atom is -0.350 e. The van der Waals surface area contributed by atoms with E-state index in [1.165, 1.54) is 7.05 Å². The molecule has 0 saturated heterocycles. The number of imide groups is 1. The summed E-state index contributed by atoms with van der Waals surface area (Å²) in [6.07, 6.45) is 0. The fourth-order valence-electron chi connectivity index (χ4n) is 2.53. The van der Waals surface area contributed by atoms with Crippen LogP contribution in [0.3, 0.4) is 0 Å². The number of benzene rings is 2. The first-order valence-electron chi connectivity index (χ1n) is 7.45. The first-order chi connectivity index (χ1) is 11.0. The third-order valence-corrected chi connectivity index (χ3v) is 3.95. The summed E-state index contributed by atoms with van der Waals surface area (Å²) in [6.45, 7) is 3.98. The lowest BCUT2D eigenvalue weighted by atomic mass is 10.0. The summed E-state index contributed by atoms with van der Waals surface area (Å²) in [5.41, 5.74) is 4.50. The van der Waals surface area contributed by atoms with Crippen molar-refractivity contribution in [3.05, 3.63) is 70.9 Å². The van der Waals surface area contributed by atoms with E-state index >= 15 is 0 Å². The molecule has 1 aliphatic rings. The average molecular weight is 306 g/mol. The van der Waals surface area contributed by atoms with Crippen LogP contribution in [0.25, 0.3) is 5.57 Å². The van der Waals surface area contributed by atoms with Crippen LogP contribution in [-0.2, 0) is 9.59 Å². The van der Waals surface area contributed by atoms with Crippen molar-refractivity contribution in [1.82, 2.24) is 4.90 Å². The molecule has 0 atom stereocenters. The number of rotatable bonds is 3. The molecule has 1 heterocycles. The molecule has 4 nitrogen and oxygen atoms in total. The summed E-state index contributed by atoms with van der Waals surface area (Å²) in [5.74, 6) is -0.598. The monoisotopic (exact) mass is 306 g/mol. The van der Waals surface area contributed by atoms with Crippen molar-refractivity contribution < 1.29 is 9.59 Å². The molecule has 0 fully saturated rings. The zero-order valence-electron chi connectivity index (χ0n) is 13.4. The second-order valence-corrected chi connectivity index (χ2v) is 5.78. The molecule has 116 valence electrons. The van der Waals surface area contributed by atoms with E-state index in [2.05, 4.69) is 5.32 Å². The smallest absolute Gasteiger partial charge is 0.277 e. The minimum atomic E-state index is -0.314. The lowest BCUT2D eigenvalue weighted by Gasteiger charge is -2.09. The number of anilines is 1. The first-order valence-corrected chi connectivity index (χ1v) is 7.45. The highest BCUT2D eigenvalue weighted by Gasteiger charge is 2.36. The first kappa shape index (κ1) is 15.0.